The van der Waals surface area contributed by atoms with Gasteiger partial charge in [0.25, 0.3) is 10.0 Å². The van der Waals surface area contributed by atoms with Crippen molar-refractivity contribution in [3.63, 3.8) is 0 Å². The second kappa shape index (κ2) is 5.72. The molecular weight excluding hydrogens is 324 g/mol. The number of halogens is 1. The summed E-state index contributed by atoms with van der Waals surface area (Å²) in [6.45, 7) is 0. The topological polar surface area (TPSA) is 66.5 Å². The lowest BCUT2D eigenvalue weighted by molar-refractivity contribution is -0.120. The highest BCUT2D eigenvalue weighted by atomic mass is 35.5. The summed E-state index contributed by atoms with van der Waals surface area (Å²) in [5.74, 6) is -0.357. The lowest BCUT2D eigenvalue weighted by Crippen LogP contribution is -2.40. The van der Waals surface area contributed by atoms with Crippen LogP contribution in [-0.4, -0.2) is 18.7 Å². The molecule has 0 aromatic heterocycles. The van der Waals surface area contributed by atoms with Crippen LogP contribution in [0.1, 0.15) is 18.0 Å². The third-order valence-electron chi connectivity index (χ3n) is 3.46. The largest absolute Gasteiger partial charge is 0.274 e. The molecule has 1 atom stereocenters. The van der Waals surface area contributed by atoms with Crippen molar-refractivity contribution < 1.29 is 13.2 Å². The van der Waals surface area contributed by atoms with Gasteiger partial charge in [-0.25, -0.2) is 8.42 Å². The number of amides is 1. The van der Waals surface area contributed by atoms with Crippen LogP contribution in [-0.2, 0) is 14.8 Å². The van der Waals surface area contributed by atoms with E-state index in [2.05, 4.69) is 5.43 Å². The maximum Gasteiger partial charge on any atom is 0.260 e. The summed E-state index contributed by atoms with van der Waals surface area (Å²) in [6, 6.07) is 14.2. The van der Waals surface area contributed by atoms with E-state index < -0.39 is 16.1 Å². The Morgan fingerprint density at radius 3 is 2.36 bits per heavy atom. The maximum absolute atomic E-state index is 12.7. The van der Waals surface area contributed by atoms with Crippen LogP contribution in [0.15, 0.2) is 59.5 Å². The molecule has 0 saturated carbocycles. The van der Waals surface area contributed by atoms with Crippen LogP contribution >= 0.6 is 11.6 Å². The second-order valence-electron chi connectivity index (χ2n) is 4.89. The molecule has 1 unspecified atom stereocenters. The average Bonchev–Trinajstić information content (AvgIpc) is 2.91. The zero-order chi connectivity index (χ0) is 15.7. The van der Waals surface area contributed by atoms with E-state index in [9.17, 15) is 13.2 Å². The van der Waals surface area contributed by atoms with Gasteiger partial charge in [-0.3, -0.25) is 10.2 Å². The summed E-state index contributed by atoms with van der Waals surface area (Å²) >= 11 is 6.15. The number of nitrogens with one attached hydrogen (secondary N) is 1. The number of hydrazine groups is 1. The Bertz CT molecular complexity index is 809. The van der Waals surface area contributed by atoms with Crippen molar-refractivity contribution in [2.45, 2.75) is 17.4 Å². The van der Waals surface area contributed by atoms with Gasteiger partial charge in [0.15, 0.2) is 0 Å². The van der Waals surface area contributed by atoms with E-state index in [-0.39, 0.29) is 17.2 Å². The van der Waals surface area contributed by atoms with Gasteiger partial charge in [0.1, 0.15) is 0 Å². The molecule has 1 aliphatic rings. The fourth-order valence-electron chi connectivity index (χ4n) is 2.42. The number of carbonyl (C=O) groups is 1. The van der Waals surface area contributed by atoms with Gasteiger partial charge in [-0.2, -0.15) is 0 Å². The third kappa shape index (κ3) is 2.61. The number of nitrogens with zero attached hydrogens (tertiary/aromatic N) is 1. The molecule has 5 nitrogen and oxygen atoms in total. The van der Waals surface area contributed by atoms with Crippen LogP contribution in [0.3, 0.4) is 0 Å². The van der Waals surface area contributed by atoms with Crippen molar-refractivity contribution in [3.8, 4) is 0 Å². The summed E-state index contributed by atoms with van der Waals surface area (Å²) in [5, 5.41) is 0.428. The molecule has 7 heteroatoms. The summed E-state index contributed by atoms with van der Waals surface area (Å²) in [7, 11) is -3.84. The lowest BCUT2D eigenvalue weighted by Gasteiger charge is -2.23. The molecule has 22 heavy (non-hydrogen) atoms. The predicted octanol–water partition coefficient (Wildman–Crippen LogP) is 2.51. The van der Waals surface area contributed by atoms with E-state index in [1.165, 1.54) is 12.1 Å². The van der Waals surface area contributed by atoms with Gasteiger partial charge >= 0.3 is 0 Å². The molecule has 1 saturated heterocycles. The normalized spacial score (nSPS) is 19.1. The van der Waals surface area contributed by atoms with Crippen LogP contribution < -0.4 is 5.43 Å². The van der Waals surface area contributed by atoms with E-state index in [1.807, 2.05) is 0 Å². The molecule has 0 bridgehead atoms. The van der Waals surface area contributed by atoms with Gasteiger partial charge in [0, 0.05) is 5.02 Å². The van der Waals surface area contributed by atoms with Crippen molar-refractivity contribution >= 4 is 27.5 Å². The van der Waals surface area contributed by atoms with Crippen molar-refractivity contribution in [3.05, 3.63) is 65.2 Å². The minimum atomic E-state index is -3.84. The Balaban J connectivity index is 2.05. The molecule has 2 aromatic rings. The molecule has 0 spiro atoms. The highest BCUT2D eigenvalue weighted by molar-refractivity contribution is 7.89. The predicted molar refractivity (Wildman–Crippen MR) is 82.4 cm³/mol. The zero-order valence-electron chi connectivity index (χ0n) is 11.4. The molecular formula is C15H13ClN2O3S. The number of carbonyl (C=O) groups excluding carboxylic acids is 1. The Morgan fingerprint density at radius 2 is 1.68 bits per heavy atom. The second-order valence-corrected chi connectivity index (χ2v) is 7.11. The molecule has 2 aromatic carbocycles. The van der Waals surface area contributed by atoms with Crippen LogP contribution in [0.4, 0.5) is 0 Å². The Kier molecular flexibility index (Phi) is 3.90. The highest BCUT2D eigenvalue weighted by Crippen LogP contribution is 2.35. The Morgan fingerprint density at radius 1 is 1.05 bits per heavy atom. The summed E-state index contributed by atoms with van der Waals surface area (Å²) < 4.78 is 26.5. The Hall–Kier alpha value is -1.89. The van der Waals surface area contributed by atoms with Crippen LogP contribution in [0.2, 0.25) is 5.02 Å². The molecule has 1 N–H and O–H groups in total. The minimum Gasteiger partial charge on any atom is -0.274 e. The smallest absolute Gasteiger partial charge is 0.260 e. The molecule has 0 radical (unpaired) electrons. The fourth-order valence-corrected chi connectivity index (χ4v) is 4.16. The molecule has 0 aliphatic carbocycles. The van der Waals surface area contributed by atoms with Gasteiger partial charge in [-0.05, 0) is 23.8 Å². The van der Waals surface area contributed by atoms with Crippen molar-refractivity contribution in [1.29, 1.82) is 0 Å². The van der Waals surface area contributed by atoms with Gasteiger partial charge in [-0.15, -0.1) is 4.41 Å². The van der Waals surface area contributed by atoms with Crippen molar-refractivity contribution in [2.75, 3.05) is 0 Å². The number of hydrogen-bond donors (Lipinski definition) is 1. The quantitative estimate of drug-likeness (QED) is 0.936. The van der Waals surface area contributed by atoms with E-state index in [0.29, 0.717) is 10.6 Å². The number of hydrogen-bond acceptors (Lipinski definition) is 3. The van der Waals surface area contributed by atoms with Gasteiger partial charge < -0.3 is 0 Å². The minimum absolute atomic E-state index is 0.0375. The first-order valence-electron chi connectivity index (χ1n) is 6.63. The van der Waals surface area contributed by atoms with Crippen molar-refractivity contribution in [1.82, 2.24) is 9.84 Å². The summed E-state index contributed by atoms with van der Waals surface area (Å²) in [5.41, 5.74) is 3.02. The first kappa shape index (κ1) is 15.0. The summed E-state index contributed by atoms with van der Waals surface area (Å²) in [4.78, 5) is 11.9. The standard InChI is InChI=1S/C15H13ClN2O3S/c16-13-9-5-4-8-12(13)14-10-15(19)17-18(14)22(20,21)11-6-2-1-3-7-11/h1-9,14H,10H2,(H,17,19). The fraction of sp³-hybridized carbons (Fsp3) is 0.133. The molecule has 1 amide bonds. The monoisotopic (exact) mass is 336 g/mol. The van der Waals surface area contributed by atoms with E-state index in [0.717, 1.165) is 4.41 Å². The Labute approximate surface area is 133 Å². The van der Waals surface area contributed by atoms with Gasteiger partial charge in [-0.1, -0.05) is 48.0 Å². The first-order chi connectivity index (χ1) is 10.5. The zero-order valence-corrected chi connectivity index (χ0v) is 13.0. The molecule has 1 fully saturated rings. The number of benzene rings is 2. The molecule has 1 heterocycles. The van der Waals surface area contributed by atoms with E-state index in [1.54, 1.807) is 42.5 Å². The SMILES string of the molecule is O=C1CC(c2ccccc2Cl)N(S(=O)(=O)c2ccccc2)N1. The van der Waals surface area contributed by atoms with E-state index >= 15 is 0 Å². The van der Waals surface area contributed by atoms with Crippen molar-refractivity contribution in [2.24, 2.45) is 0 Å². The van der Waals surface area contributed by atoms with Gasteiger partial charge in [0.05, 0.1) is 17.4 Å². The highest BCUT2D eigenvalue weighted by Gasteiger charge is 2.41. The average molecular weight is 337 g/mol. The van der Waals surface area contributed by atoms with Gasteiger partial charge in [0.2, 0.25) is 5.91 Å². The maximum atomic E-state index is 12.7. The van der Waals surface area contributed by atoms with Crippen LogP contribution in [0, 0.1) is 0 Å². The molecule has 114 valence electrons. The summed E-state index contributed by atoms with van der Waals surface area (Å²) in [6.07, 6.45) is 0.0375. The number of sulfonamides is 1. The lowest BCUT2D eigenvalue weighted by atomic mass is 10.1. The molecule has 3 rings (SSSR count). The number of rotatable bonds is 3. The third-order valence-corrected chi connectivity index (χ3v) is 5.54. The van der Waals surface area contributed by atoms with E-state index in [4.69, 9.17) is 11.6 Å². The van der Waals surface area contributed by atoms with Crippen LogP contribution in [0.5, 0.6) is 0 Å². The van der Waals surface area contributed by atoms with Crippen LogP contribution in [0.25, 0.3) is 0 Å². The molecule has 1 aliphatic heterocycles. The first-order valence-corrected chi connectivity index (χ1v) is 8.45.